The summed E-state index contributed by atoms with van der Waals surface area (Å²) >= 11 is 0. The quantitative estimate of drug-likeness (QED) is 0.787. The molecule has 0 heterocycles. The standard InChI is InChI=1S/C15H24N2O3S.ClH/c1-4-15(5-2,11-16)14(18)17-10-12-6-8-13(9-7-12)21(3,19)20;/h6-9H,4-5,10-11,16H2,1-3H3,(H,17,18);1H. The second kappa shape index (κ2) is 8.50. The Morgan fingerprint density at radius 2 is 1.68 bits per heavy atom. The minimum absolute atomic E-state index is 0. The lowest BCUT2D eigenvalue weighted by atomic mass is 9.81. The SMILES string of the molecule is CCC(CC)(CN)C(=O)NCc1ccc(S(C)(=O)=O)cc1.Cl. The van der Waals surface area contributed by atoms with Gasteiger partial charge in [0.15, 0.2) is 9.84 Å². The highest BCUT2D eigenvalue weighted by molar-refractivity contribution is 7.90. The molecule has 0 saturated heterocycles. The number of hydrogen-bond donors (Lipinski definition) is 2. The Morgan fingerprint density at radius 3 is 2.05 bits per heavy atom. The summed E-state index contributed by atoms with van der Waals surface area (Å²) < 4.78 is 22.7. The lowest BCUT2D eigenvalue weighted by Gasteiger charge is -2.28. The van der Waals surface area contributed by atoms with Crippen LogP contribution in [-0.4, -0.2) is 27.1 Å². The van der Waals surface area contributed by atoms with Gasteiger partial charge in [-0.05, 0) is 30.5 Å². The van der Waals surface area contributed by atoms with Crippen LogP contribution in [0.5, 0.6) is 0 Å². The largest absolute Gasteiger partial charge is 0.352 e. The van der Waals surface area contributed by atoms with Gasteiger partial charge in [0.2, 0.25) is 5.91 Å². The second-order valence-electron chi connectivity index (χ2n) is 5.29. The van der Waals surface area contributed by atoms with Crippen LogP contribution in [0.25, 0.3) is 0 Å². The van der Waals surface area contributed by atoms with Gasteiger partial charge in [0, 0.05) is 19.3 Å². The first-order valence-electron chi connectivity index (χ1n) is 7.06. The molecule has 1 aromatic carbocycles. The highest BCUT2D eigenvalue weighted by Crippen LogP contribution is 2.25. The summed E-state index contributed by atoms with van der Waals surface area (Å²) in [7, 11) is -3.19. The van der Waals surface area contributed by atoms with Crippen LogP contribution in [0.4, 0.5) is 0 Å². The van der Waals surface area contributed by atoms with Crippen LogP contribution in [0.3, 0.4) is 0 Å². The third-order valence-corrected chi connectivity index (χ3v) is 5.16. The Hall–Kier alpha value is -1.11. The summed E-state index contributed by atoms with van der Waals surface area (Å²) in [6, 6.07) is 6.51. The molecule has 0 aliphatic rings. The molecule has 1 aromatic rings. The number of nitrogens with two attached hydrogens (primary N) is 1. The zero-order valence-electron chi connectivity index (χ0n) is 13.3. The number of sulfone groups is 1. The molecule has 0 spiro atoms. The van der Waals surface area contributed by atoms with Gasteiger partial charge < -0.3 is 11.1 Å². The third kappa shape index (κ3) is 4.97. The molecule has 1 rings (SSSR count). The minimum atomic E-state index is -3.19. The van der Waals surface area contributed by atoms with Crippen LogP contribution >= 0.6 is 12.4 Å². The van der Waals surface area contributed by atoms with E-state index < -0.39 is 15.3 Å². The Balaban J connectivity index is 0.00000441. The van der Waals surface area contributed by atoms with E-state index in [9.17, 15) is 13.2 Å². The first-order chi connectivity index (χ1) is 9.79. The molecule has 3 N–H and O–H groups in total. The van der Waals surface area contributed by atoms with Crippen LogP contribution in [0.15, 0.2) is 29.2 Å². The van der Waals surface area contributed by atoms with E-state index >= 15 is 0 Å². The predicted octanol–water partition coefficient (Wildman–Crippen LogP) is 1.89. The number of carbonyl (C=O) groups excluding carboxylic acids is 1. The molecule has 22 heavy (non-hydrogen) atoms. The first kappa shape index (κ1) is 20.9. The van der Waals surface area contributed by atoms with E-state index in [4.69, 9.17) is 5.73 Å². The minimum Gasteiger partial charge on any atom is -0.352 e. The summed E-state index contributed by atoms with van der Waals surface area (Å²) in [5.41, 5.74) is 6.07. The van der Waals surface area contributed by atoms with Gasteiger partial charge in [0.05, 0.1) is 10.3 Å². The van der Waals surface area contributed by atoms with Crippen LogP contribution in [0, 0.1) is 5.41 Å². The monoisotopic (exact) mass is 348 g/mol. The normalized spacial score (nSPS) is 11.6. The van der Waals surface area contributed by atoms with Crippen molar-refractivity contribution in [1.29, 1.82) is 0 Å². The fraction of sp³-hybridized carbons (Fsp3) is 0.533. The van der Waals surface area contributed by atoms with Crippen LogP contribution in [0.2, 0.25) is 0 Å². The smallest absolute Gasteiger partial charge is 0.227 e. The number of nitrogens with one attached hydrogen (secondary N) is 1. The number of hydrogen-bond acceptors (Lipinski definition) is 4. The molecular formula is C15H25ClN2O3S. The van der Waals surface area contributed by atoms with Gasteiger partial charge in [0.25, 0.3) is 0 Å². The van der Waals surface area contributed by atoms with Crippen LogP contribution < -0.4 is 11.1 Å². The van der Waals surface area contributed by atoms with Crippen molar-refractivity contribution in [3.05, 3.63) is 29.8 Å². The molecule has 7 heteroatoms. The highest BCUT2D eigenvalue weighted by atomic mass is 35.5. The van der Waals surface area contributed by atoms with Gasteiger partial charge in [-0.15, -0.1) is 12.4 Å². The van der Waals surface area contributed by atoms with E-state index in [1.54, 1.807) is 24.3 Å². The maximum Gasteiger partial charge on any atom is 0.227 e. The Morgan fingerprint density at radius 1 is 1.18 bits per heavy atom. The molecule has 0 aliphatic heterocycles. The first-order valence-corrected chi connectivity index (χ1v) is 8.95. The molecule has 0 unspecified atom stereocenters. The van der Waals surface area contributed by atoms with Gasteiger partial charge in [-0.1, -0.05) is 26.0 Å². The van der Waals surface area contributed by atoms with Crippen molar-refractivity contribution in [3.8, 4) is 0 Å². The summed E-state index contributed by atoms with van der Waals surface area (Å²) in [5, 5.41) is 2.88. The number of benzene rings is 1. The lowest BCUT2D eigenvalue weighted by Crippen LogP contribution is -2.45. The fourth-order valence-corrected chi connectivity index (χ4v) is 2.81. The predicted molar refractivity (Wildman–Crippen MR) is 90.7 cm³/mol. The molecule has 1 amide bonds. The van der Waals surface area contributed by atoms with Gasteiger partial charge in [-0.25, -0.2) is 8.42 Å². The van der Waals surface area contributed by atoms with Crippen molar-refractivity contribution in [2.75, 3.05) is 12.8 Å². The number of amides is 1. The maximum atomic E-state index is 12.3. The van der Waals surface area contributed by atoms with E-state index in [1.807, 2.05) is 13.8 Å². The van der Waals surface area contributed by atoms with Gasteiger partial charge in [0.1, 0.15) is 0 Å². The Labute approximate surface area is 139 Å². The summed E-state index contributed by atoms with van der Waals surface area (Å²) in [4.78, 5) is 12.5. The average Bonchev–Trinajstić information content (AvgIpc) is 2.47. The van der Waals surface area contributed by atoms with Crippen LogP contribution in [0.1, 0.15) is 32.3 Å². The van der Waals surface area contributed by atoms with E-state index in [0.717, 1.165) is 5.56 Å². The highest BCUT2D eigenvalue weighted by Gasteiger charge is 2.32. The molecule has 0 aliphatic carbocycles. The molecule has 0 fully saturated rings. The average molecular weight is 349 g/mol. The van der Waals surface area contributed by atoms with E-state index in [-0.39, 0.29) is 23.2 Å². The fourth-order valence-electron chi connectivity index (χ4n) is 2.18. The Bertz CT molecular complexity index is 573. The van der Waals surface area contributed by atoms with Crippen molar-refractivity contribution >= 4 is 28.2 Å². The van der Waals surface area contributed by atoms with E-state index in [0.29, 0.717) is 25.9 Å². The van der Waals surface area contributed by atoms with Crippen molar-refractivity contribution < 1.29 is 13.2 Å². The molecule has 5 nitrogen and oxygen atoms in total. The third-order valence-electron chi connectivity index (χ3n) is 4.03. The van der Waals surface area contributed by atoms with Gasteiger partial charge >= 0.3 is 0 Å². The zero-order chi connectivity index (χ0) is 16.1. The topological polar surface area (TPSA) is 89.3 Å². The Kier molecular flexibility index (Phi) is 8.07. The molecule has 0 aromatic heterocycles. The lowest BCUT2D eigenvalue weighted by molar-refractivity contribution is -0.131. The number of carbonyl (C=O) groups is 1. The molecule has 0 saturated carbocycles. The van der Waals surface area contributed by atoms with Crippen LogP contribution in [-0.2, 0) is 21.2 Å². The van der Waals surface area contributed by atoms with Crippen molar-refractivity contribution in [2.24, 2.45) is 11.1 Å². The number of rotatable bonds is 7. The molecule has 126 valence electrons. The van der Waals surface area contributed by atoms with Crippen molar-refractivity contribution in [3.63, 3.8) is 0 Å². The van der Waals surface area contributed by atoms with Gasteiger partial charge in [-0.2, -0.15) is 0 Å². The summed E-state index contributed by atoms with van der Waals surface area (Å²) in [6.07, 6.45) is 2.56. The molecular weight excluding hydrogens is 324 g/mol. The maximum absolute atomic E-state index is 12.3. The van der Waals surface area contributed by atoms with E-state index in [2.05, 4.69) is 5.32 Å². The zero-order valence-corrected chi connectivity index (χ0v) is 14.9. The van der Waals surface area contributed by atoms with Crippen molar-refractivity contribution in [1.82, 2.24) is 5.32 Å². The van der Waals surface area contributed by atoms with E-state index in [1.165, 1.54) is 6.26 Å². The second-order valence-corrected chi connectivity index (χ2v) is 7.31. The van der Waals surface area contributed by atoms with Gasteiger partial charge in [-0.3, -0.25) is 4.79 Å². The summed E-state index contributed by atoms with van der Waals surface area (Å²) in [6.45, 7) is 4.59. The summed E-state index contributed by atoms with van der Waals surface area (Å²) in [5.74, 6) is -0.0535. The molecule has 0 radical (unpaired) electrons. The molecule has 0 bridgehead atoms. The number of halogens is 1. The molecule has 0 atom stereocenters. The van der Waals surface area contributed by atoms with Crippen molar-refractivity contribution in [2.45, 2.75) is 38.1 Å².